The van der Waals surface area contributed by atoms with Gasteiger partial charge in [-0.2, -0.15) is 0 Å². The van der Waals surface area contributed by atoms with Gasteiger partial charge in [-0.3, -0.25) is 4.99 Å². The smallest absolute Gasteiger partial charge is 0.116 e. The molecule has 2 N–H and O–H groups in total. The third-order valence-electron chi connectivity index (χ3n) is 2.96. The van der Waals surface area contributed by atoms with E-state index in [1.165, 1.54) is 5.56 Å². The maximum Gasteiger partial charge on any atom is 0.116 e. The van der Waals surface area contributed by atoms with Crippen LogP contribution < -0.4 is 0 Å². The molecule has 76 valence electrons. The van der Waals surface area contributed by atoms with Crippen molar-refractivity contribution in [1.82, 2.24) is 4.98 Å². The summed E-state index contributed by atoms with van der Waals surface area (Å²) in [4.78, 5) is 7.76. The fourth-order valence-corrected chi connectivity index (χ4v) is 2.22. The van der Waals surface area contributed by atoms with E-state index >= 15 is 0 Å². The fraction of sp³-hybridized carbons (Fsp3) is 0.250. The van der Waals surface area contributed by atoms with Gasteiger partial charge in [-0.25, -0.2) is 0 Å². The van der Waals surface area contributed by atoms with E-state index < -0.39 is 0 Å². The summed E-state index contributed by atoms with van der Waals surface area (Å²) in [5.41, 5.74) is 4.55. The molecule has 1 aromatic heterocycles. The third-order valence-corrected chi connectivity index (χ3v) is 2.96. The highest BCUT2D eigenvalue weighted by atomic mass is 16.3. The summed E-state index contributed by atoms with van der Waals surface area (Å²) in [6.45, 7) is 2.87. The molecule has 0 saturated carbocycles. The number of hydrogen-bond acceptors (Lipinski definition) is 2. The number of fused-ring (bicyclic) bond motifs is 3. The van der Waals surface area contributed by atoms with E-state index in [9.17, 15) is 5.11 Å². The van der Waals surface area contributed by atoms with Gasteiger partial charge < -0.3 is 10.1 Å². The van der Waals surface area contributed by atoms with Crippen molar-refractivity contribution in [3.63, 3.8) is 0 Å². The molecule has 0 aliphatic carbocycles. The normalized spacial score (nSPS) is 15.1. The predicted molar refractivity (Wildman–Crippen MR) is 60.7 cm³/mol. The van der Waals surface area contributed by atoms with Crippen LogP contribution in [0.15, 0.2) is 23.2 Å². The van der Waals surface area contributed by atoms with Gasteiger partial charge in [0.05, 0.1) is 11.4 Å². The molecular formula is C12H12N2O. The molecule has 0 saturated heterocycles. The molecule has 0 bridgehead atoms. The van der Waals surface area contributed by atoms with Gasteiger partial charge >= 0.3 is 0 Å². The largest absolute Gasteiger partial charge is 0.508 e. The summed E-state index contributed by atoms with van der Waals surface area (Å²) < 4.78 is 0. The van der Waals surface area contributed by atoms with E-state index in [1.807, 2.05) is 19.1 Å². The van der Waals surface area contributed by atoms with Crippen molar-refractivity contribution in [2.75, 3.05) is 6.54 Å². The average molecular weight is 200 g/mol. The molecule has 3 heteroatoms. The van der Waals surface area contributed by atoms with Crippen LogP contribution >= 0.6 is 0 Å². The summed E-state index contributed by atoms with van der Waals surface area (Å²) >= 11 is 0. The first kappa shape index (κ1) is 8.53. The molecule has 1 aliphatic heterocycles. The molecule has 1 aromatic carbocycles. The minimum Gasteiger partial charge on any atom is -0.508 e. The first-order chi connectivity index (χ1) is 7.25. The van der Waals surface area contributed by atoms with E-state index in [1.54, 1.807) is 6.07 Å². The van der Waals surface area contributed by atoms with E-state index in [-0.39, 0.29) is 0 Å². The number of nitrogens with zero attached hydrogens (tertiary/aromatic N) is 1. The van der Waals surface area contributed by atoms with Crippen molar-refractivity contribution >= 4 is 16.6 Å². The zero-order chi connectivity index (χ0) is 10.4. The predicted octanol–water partition coefficient (Wildman–Crippen LogP) is 2.24. The summed E-state index contributed by atoms with van der Waals surface area (Å²) in [6, 6.07) is 5.44. The van der Waals surface area contributed by atoms with Crippen LogP contribution in [-0.4, -0.2) is 22.3 Å². The summed E-state index contributed by atoms with van der Waals surface area (Å²) in [5.74, 6) is 0.324. The number of rotatable bonds is 0. The Morgan fingerprint density at radius 3 is 3.13 bits per heavy atom. The first-order valence-corrected chi connectivity index (χ1v) is 5.11. The number of nitrogens with one attached hydrogen (secondary N) is 1. The number of aromatic nitrogens is 1. The lowest BCUT2D eigenvalue weighted by Gasteiger charge is -2.09. The second-order valence-corrected chi connectivity index (χ2v) is 3.93. The van der Waals surface area contributed by atoms with Crippen molar-refractivity contribution < 1.29 is 5.11 Å². The highest BCUT2D eigenvalue weighted by Crippen LogP contribution is 2.28. The van der Waals surface area contributed by atoms with Crippen molar-refractivity contribution in [3.8, 4) is 5.75 Å². The number of benzene rings is 1. The lowest BCUT2D eigenvalue weighted by molar-refractivity contribution is 0.476. The second kappa shape index (κ2) is 2.86. The Bertz CT molecular complexity index is 566. The Kier molecular flexibility index (Phi) is 1.63. The average Bonchev–Trinajstić information content (AvgIpc) is 2.58. The molecule has 0 spiro atoms. The summed E-state index contributed by atoms with van der Waals surface area (Å²) in [6.07, 6.45) is 0.954. The van der Waals surface area contributed by atoms with Crippen LogP contribution in [0.4, 0.5) is 0 Å². The zero-order valence-electron chi connectivity index (χ0n) is 8.54. The SMILES string of the molecule is CC1=NCCc2c1[nH]c1ccc(O)cc21. The van der Waals surface area contributed by atoms with Crippen LogP contribution in [0.3, 0.4) is 0 Å². The quantitative estimate of drug-likeness (QED) is 0.673. The number of aromatic hydroxyl groups is 1. The van der Waals surface area contributed by atoms with Crippen LogP contribution in [0.25, 0.3) is 10.9 Å². The van der Waals surface area contributed by atoms with Gasteiger partial charge in [-0.05, 0) is 37.1 Å². The Morgan fingerprint density at radius 2 is 2.27 bits per heavy atom. The summed E-state index contributed by atoms with van der Waals surface area (Å²) in [7, 11) is 0. The molecule has 1 aliphatic rings. The van der Waals surface area contributed by atoms with Gasteiger partial charge in [0, 0.05) is 17.4 Å². The fourth-order valence-electron chi connectivity index (χ4n) is 2.22. The van der Waals surface area contributed by atoms with Gasteiger partial charge in [0.15, 0.2) is 0 Å². The second-order valence-electron chi connectivity index (χ2n) is 3.93. The van der Waals surface area contributed by atoms with Crippen LogP contribution in [-0.2, 0) is 6.42 Å². The maximum absolute atomic E-state index is 9.47. The molecule has 3 nitrogen and oxygen atoms in total. The van der Waals surface area contributed by atoms with Gasteiger partial charge in [0.1, 0.15) is 5.75 Å². The molecule has 2 aromatic rings. The Balaban J connectivity index is 2.38. The van der Waals surface area contributed by atoms with E-state index in [2.05, 4.69) is 9.98 Å². The van der Waals surface area contributed by atoms with Crippen LogP contribution in [0.2, 0.25) is 0 Å². The van der Waals surface area contributed by atoms with Crippen molar-refractivity contribution in [2.24, 2.45) is 4.99 Å². The minimum atomic E-state index is 0.324. The number of phenolic OH excluding ortho intramolecular Hbond substituents is 1. The molecule has 15 heavy (non-hydrogen) atoms. The Hall–Kier alpha value is -1.77. The molecule has 2 heterocycles. The molecule has 0 amide bonds. The van der Waals surface area contributed by atoms with E-state index in [0.717, 1.165) is 35.3 Å². The van der Waals surface area contributed by atoms with Crippen LogP contribution in [0.5, 0.6) is 5.75 Å². The van der Waals surface area contributed by atoms with E-state index in [4.69, 9.17) is 0 Å². The Morgan fingerprint density at radius 1 is 1.40 bits per heavy atom. The standard InChI is InChI=1S/C12H12N2O/c1-7-12-9(4-5-13-7)10-6-8(15)2-3-11(10)14-12/h2-3,6,14-15H,4-5H2,1H3. The van der Waals surface area contributed by atoms with Crippen molar-refractivity contribution in [3.05, 3.63) is 29.5 Å². The Labute approximate surface area is 87.5 Å². The highest BCUT2D eigenvalue weighted by Gasteiger charge is 2.16. The maximum atomic E-state index is 9.47. The topological polar surface area (TPSA) is 48.4 Å². The van der Waals surface area contributed by atoms with E-state index in [0.29, 0.717) is 5.75 Å². The van der Waals surface area contributed by atoms with Gasteiger partial charge in [-0.1, -0.05) is 0 Å². The number of aliphatic imine (C=N–C) groups is 1. The van der Waals surface area contributed by atoms with Crippen LogP contribution in [0.1, 0.15) is 18.2 Å². The van der Waals surface area contributed by atoms with Crippen LogP contribution in [0, 0.1) is 0 Å². The van der Waals surface area contributed by atoms with Gasteiger partial charge in [0.2, 0.25) is 0 Å². The lowest BCUT2D eigenvalue weighted by Crippen LogP contribution is -2.08. The molecule has 3 rings (SSSR count). The van der Waals surface area contributed by atoms with Crippen molar-refractivity contribution in [2.45, 2.75) is 13.3 Å². The molecule has 0 fully saturated rings. The molecule has 0 radical (unpaired) electrons. The zero-order valence-corrected chi connectivity index (χ0v) is 8.54. The number of phenols is 1. The lowest BCUT2D eigenvalue weighted by atomic mass is 10.0. The number of aromatic amines is 1. The monoisotopic (exact) mass is 200 g/mol. The number of hydrogen-bond donors (Lipinski definition) is 2. The van der Waals surface area contributed by atoms with Crippen molar-refractivity contribution in [1.29, 1.82) is 0 Å². The third kappa shape index (κ3) is 1.16. The molecular weight excluding hydrogens is 188 g/mol. The van der Waals surface area contributed by atoms with Gasteiger partial charge in [0.25, 0.3) is 0 Å². The summed E-state index contributed by atoms with van der Waals surface area (Å²) in [5, 5.41) is 10.6. The highest BCUT2D eigenvalue weighted by molar-refractivity contribution is 6.05. The molecule has 0 unspecified atom stereocenters. The molecule has 0 atom stereocenters. The first-order valence-electron chi connectivity index (χ1n) is 5.11. The minimum absolute atomic E-state index is 0.324. The van der Waals surface area contributed by atoms with Gasteiger partial charge in [-0.15, -0.1) is 0 Å². The number of H-pyrrole nitrogens is 1.